The Labute approximate surface area is 257 Å². The molecule has 0 spiro atoms. The Morgan fingerprint density at radius 1 is 1.12 bits per heavy atom. The first-order valence-corrected chi connectivity index (χ1v) is 15.0. The predicted octanol–water partition coefficient (Wildman–Crippen LogP) is 7.91. The van der Waals surface area contributed by atoms with Gasteiger partial charge in [-0.2, -0.15) is 0 Å². The zero-order valence-electron chi connectivity index (χ0n) is 26.9. The molecule has 5 rings (SSSR count). The van der Waals surface area contributed by atoms with E-state index in [0.717, 1.165) is 48.6 Å². The van der Waals surface area contributed by atoms with Gasteiger partial charge in [-0.3, -0.25) is 9.78 Å². The van der Waals surface area contributed by atoms with Crippen LogP contribution >= 0.6 is 12.8 Å². The molecule has 42 heavy (non-hydrogen) atoms. The molecule has 1 aromatic heterocycles. The van der Waals surface area contributed by atoms with Crippen LogP contribution in [0.15, 0.2) is 24.4 Å². The van der Waals surface area contributed by atoms with Crippen molar-refractivity contribution < 1.29 is 24.5 Å². The number of hydrogen-bond acceptors (Lipinski definition) is 7. The second-order valence-electron chi connectivity index (χ2n) is 11.1. The van der Waals surface area contributed by atoms with Gasteiger partial charge in [-0.15, -0.1) is 0 Å². The molecule has 0 atom stereocenters. The fourth-order valence-electron chi connectivity index (χ4n) is 5.53. The molecule has 0 radical (unpaired) electrons. The van der Waals surface area contributed by atoms with E-state index in [-0.39, 0.29) is 6.47 Å². The second kappa shape index (κ2) is 15.3. The molecular formula is C34H48N2O5S. The van der Waals surface area contributed by atoms with Gasteiger partial charge in [-0.25, -0.2) is 0 Å². The third-order valence-corrected chi connectivity index (χ3v) is 7.44. The largest absolute Gasteiger partial charge is 0.495 e. The zero-order valence-corrected chi connectivity index (χ0v) is 27.8. The molecule has 0 saturated heterocycles. The molecule has 8 heteroatoms. The van der Waals surface area contributed by atoms with E-state index in [1.165, 1.54) is 50.2 Å². The monoisotopic (exact) mass is 596 g/mol. The molecule has 3 aromatic rings. The highest BCUT2D eigenvalue weighted by Crippen LogP contribution is 2.50. The van der Waals surface area contributed by atoms with Gasteiger partial charge >= 0.3 is 0 Å². The molecule has 7 nitrogen and oxygen atoms in total. The Morgan fingerprint density at radius 2 is 1.74 bits per heavy atom. The number of thiol groups is 1. The number of carbonyl (C=O) groups is 1. The van der Waals surface area contributed by atoms with Gasteiger partial charge in [-0.05, 0) is 112 Å². The Kier molecular flexibility index (Phi) is 12.7. The normalized spacial score (nSPS) is 12.8. The van der Waals surface area contributed by atoms with Crippen molar-refractivity contribution in [3.8, 4) is 33.9 Å². The van der Waals surface area contributed by atoms with Gasteiger partial charge in [0.05, 0.1) is 43.4 Å². The Balaban J connectivity index is 0.000000542. The summed E-state index contributed by atoms with van der Waals surface area (Å²) in [7, 11) is 1.68. The van der Waals surface area contributed by atoms with E-state index in [1.54, 1.807) is 27.9 Å². The van der Waals surface area contributed by atoms with Crippen LogP contribution in [0.2, 0.25) is 0 Å². The molecule has 0 bridgehead atoms. The standard InChI is InChI=1S/C27H30N2O2S.C4H10O.C2H6.CH2O2/c1-6-20-16(3)27-25(26-18(14-29(27)32)12-19(30-5)13-28-26)17(4)24(20)22-9-10-23-21(15(22)2)8-7-11-31-23;1-4(2,3)5;1-2;2-1-3/h9-10,12-13,32H,6-8,11,14H2,1-5H3;5H,1-3H3;1-2H3;1H,(H,2,3). The molecule has 2 N–H and O–H groups in total. The number of rotatable bonds is 3. The SMILES string of the molecule is CC.CC(C)(C)O.CCc1c(C)c2c(c(C)c1-c1ccc3c(c1C)CCCO3)-c1ncc(OC)cc1CN2S.O=CO. The summed E-state index contributed by atoms with van der Waals surface area (Å²) in [6.07, 6.45) is 4.94. The van der Waals surface area contributed by atoms with E-state index in [1.807, 2.05) is 20.0 Å². The number of fused-ring (bicyclic) bond motifs is 4. The minimum Gasteiger partial charge on any atom is -0.495 e. The maximum absolute atomic E-state index is 8.52. The number of pyridine rings is 1. The van der Waals surface area contributed by atoms with E-state index >= 15 is 0 Å². The highest BCUT2D eigenvalue weighted by atomic mass is 32.1. The number of carboxylic acid groups (broad SMARTS) is 1. The van der Waals surface area contributed by atoms with Crippen molar-refractivity contribution >= 4 is 25.0 Å². The van der Waals surface area contributed by atoms with Crippen LogP contribution in [0.25, 0.3) is 22.4 Å². The summed E-state index contributed by atoms with van der Waals surface area (Å²) in [4.78, 5) is 13.2. The molecule has 0 saturated carbocycles. The molecule has 0 amide bonds. The summed E-state index contributed by atoms with van der Waals surface area (Å²) in [5.74, 6) is 1.82. The van der Waals surface area contributed by atoms with Crippen LogP contribution in [0, 0.1) is 20.8 Å². The van der Waals surface area contributed by atoms with Crippen molar-refractivity contribution in [2.75, 3.05) is 18.0 Å². The van der Waals surface area contributed by atoms with Gasteiger partial charge in [-0.1, -0.05) is 39.7 Å². The lowest BCUT2D eigenvalue weighted by Crippen LogP contribution is -2.21. The number of hydrogen-bond donors (Lipinski definition) is 3. The minimum atomic E-state index is -0.500. The topological polar surface area (TPSA) is 92.1 Å². The summed E-state index contributed by atoms with van der Waals surface area (Å²) in [6, 6.07) is 6.49. The molecule has 3 heterocycles. The molecular weight excluding hydrogens is 548 g/mol. The fraction of sp³-hybridized carbons (Fsp3) is 0.471. The molecule has 0 unspecified atom stereocenters. The van der Waals surface area contributed by atoms with Gasteiger partial charge in [0.1, 0.15) is 11.5 Å². The third kappa shape index (κ3) is 7.78. The van der Waals surface area contributed by atoms with Gasteiger partial charge in [0.15, 0.2) is 0 Å². The summed E-state index contributed by atoms with van der Waals surface area (Å²) in [5.41, 5.74) is 13.3. The Hall–Kier alpha value is -3.23. The highest BCUT2D eigenvalue weighted by Gasteiger charge is 2.30. The zero-order chi connectivity index (χ0) is 31.8. The van der Waals surface area contributed by atoms with Crippen molar-refractivity contribution in [2.24, 2.45) is 0 Å². The van der Waals surface area contributed by atoms with Gasteiger partial charge in [0.25, 0.3) is 6.47 Å². The smallest absolute Gasteiger partial charge is 0.290 e. The number of anilines is 1. The van der Waals surface area contributed by atoms with Crippen molar-refractivity contribution in [1.29, 1.82) is 0 Å². The first-order valence-electron chi connectivity index (χ1n) is 14.6. The summed E-state index contributed by atoms with van der Waals surface area (Å²) in [6.45, 7) is 19.5. The Morgan fingerprint density at radius 3 is 2.31 bits per heavy atom. The predicted molar refractivity (Wildman–Crippen MR) is 176 cm³/mol. The minimum absolute atomic E-state index is 0.250. The lowest BCUT2D eigenvalue weighted by atomic mass is 9.80. The lowest BCUT2D eigenvalue weighted by Gasteiger charge is -2.34. The molecule has 2 aromatic carbocycles. The summed E-state index contributed by atoms with van der Waals surface area (Å²) in [5, 5.41) is 15.4. The molecule has 0 aliphatic carbocycles. The van der Waals surface area contributed by atoms with E-state index in [2.05, 4.69) is 50.2 Å². The second-order valence-corrected chi connectivity index (χ2v) is 11.5. The maximum Gasteiger partial charge on any atom is 0.290 e. The van der Waals surface area contributed by atoms with Crippen molar-refractivity contribution in [1.82, 2.24) is 4.98 Å². The first-order chi connectivity index (χ1) is 19.9. The van der Waals surface area contributed by atoms with Crippen LogP contribution in [0.5, 0.6) is 11.5 Å². The average Bonchev–Trinajstić information content (AvgIpc) is 2.95. The van der Waals surface area contributed by atoms with Crippen molar-refractivity contribution in [2.45, 2.75) is 93.7 Å². The Bertz CT molecular complexity index is 1380. The van der Waals surface area contributed by atoms with Crippen LogP contribution in [0.1, 0.15) is 81.3 Å². The van der Waals surface area contributed by atoms with E-state index < -0.39 is 5.60 Å². The highest BCUT2D eigenvalue weighted by molar-refractivity contribution is 7.81. The van der Waals surface area contributed by atoms with E-state index in [9.17, 15) is 0 Å². The molecule has 2 aliphatic heterocycles. The lowest BCUT2D eigenvalue weighted by molar-refractivity contribution is -0.122. The third-order valence-electron chi connectivity index (χ3n) is 7.10. The first kappa shape index (κ1) is 35.0. The quantitative estimate of drug-likeness (QED) is 0.209. The van der Waals surface area contributed by atoms with Crippen LogP contribution in [-0.4, -0.2) is 41.0 Å². The maximum atomic E-state index is 8.52. The van der Waals surface area contributed by atoms with Crippen molar-refractivity contribution in [3.63, 3.8) is 0 Å². The van der Waals surface area contributed by atoms with E-state index in [0.29, 0.717) is 6.54 Å². The van der Waals surface area contributed by atoms with Crippen LogP contribution in [-0.2, 0) is 24.2 Å². The van der Waals surface area contributed by atoms with Crippen LogP contribution in [0.3, 0.4) is 0 Å². The number of nitrogens with zero attached hydrogens (tertiary/aromatic N) is 2. The number of ether oxygens (including phenoxy) is 2. The number of methoxy groups -OCH3 is 1. The molecule has 230 valence electrons. The van der Waals surface area contributed by atoms with Crippen molar-refractivity contribution in [3.05, 3.63) is 57.8 Å². The average molecular weight is 597 g/mol. The molecule has 0 fully saturated rings. The number of aliphatic hydroxyl groups is 1. The number of aromatic nitrogens is 1. The van der Waals surface area contributed by atoms with Gasteiger partial charge in [0, 0.05) is 11.1 Å². The van der Waals surface area contributed by atoms with Gasteiger partial charge < -0.3 is 24.0 Å². The number of benzene rings is 2. The molecule has 2 aliphatic rings. The fourth-order valence-corrected chi connectivity index (χ4v) is 5.93. The van der Waals surface area contributed by atoms with E-state index in [4.69, 9.17) is 42.3 Å². The summed E-state index contributed by atoms with van der Waals surface area (Å²) >= 11 is 4.89. The summed E-state index contributed by atoms with van der Waals surface area (Å²) < 4.78 is 13.4. The van der Waals surface area contributed by atoms with Gasteiger partial charge in [0.2, 0.25) is 0 Å². The van der Waals surface area contributed by atoms with Crippen LogP contribution in [0.4, 0.5) is 5.69 Å². The van der Waals surface area contributed by atoms with Crippen LogP contribution < -0.4 is 13.8 Å².